The lowest BCUT2D eigenvalue weighted by Crippen LogP contribution is -2.03. The number of carbonyl (C=O) groups excluding carboxylic acids is 1. The summed E-state index contributed by atoms with van der Waals surface area (Å²) in [5, 5.41) is 0. The van der Waals surface area contributed by atoms with Gasteiger partial charge in [0.05, 0.1) is 0 Å². The van der Waals surface area contributed by atoms with Crippen LogP contribution in [0.4, 0.5) is 0 Å². The summed E-state index contributed by atoms with van der Waals surface area (Å²) < 4.78 is 5.37. The number of ether oxygens (including phenoxy) is 1. The molecule has 0 aromatic carbocycles. The Bertz CT molecular complexity index is 243. The van der Waals surface area contributed by atoms with Crippen LogP contribution in [-0.2, 0) is 9.53 Å². The first kappa shape index (κ1) is 14.3. The van der Waals surface area contributed by atoms with E-state index in [1.165, 1.54) is 44.9 Å². The molecular weight excluding hydrogens is 212 g/mol. The Hall–Kier alpha value is -0.790. The zero-order valence-electron chi connectivity index (χ0n) is 11.2. The first-order valence-electron chi connectivity index (χ1n) is 7.22. The molecule has 1 aliphatic rings. The summed E-state index contributed by atoms with van der Waals surface area (Å²) in [5.74, 6) is 0.820. The van der Waals surface area contributed by atoms with E-state index < -0.39 is 0 Å². The number of esters is 1. The Morgan fingerprint density at radius 3 is 2.29 bits per heavy atom. The van der Waals surface area contributed by atoms with Crippen molar-refractivity contribution in [2.24, 2.45) is 0 Å². The fourth-order valence-electron chi connectivity index (χ4n) is 2.18. The Kier molecular flexibility index (Phi) is 7.78. The van der Waals surface area contributed by atoms with Gasteiger partial charge in [0, 0.05) is 12.8 Å². The molecule has 2 heteroatoms. The van der Waals surface area contributed by atoms with Crippen molar-refractivity contribution in [3.05, 3.63) is 11.8 Å². The minimum absolute atomic E-state index is 0.0941. The molecule has 2 nitrogen and oxygen atoms in total. The van der Waals surface area contributed by atoms with E-state index in [2.05, 4.69) is 6.08 Å². The summed E-state index contributed by atoms with van der Waals surface area (Å²) in [6.45, 7) is 1.85. The average molecular weight is 238 g/mol. The number of hydrogen-bond acceptors (Lipinski definition) is 2. The Balaban J connectivity index is 2.41. The van der Waals surface area contributed by atoms with Gasteiger partial charge in [-0.05, 0) is 25.3 Å². The van der Waals surface area contributed by atoms with Gasteiger partial charge in [0.2, 0.25) is 0 Å². The molecule has 0 N–H and O–H groups in total. The van der Waals surface area contributed by atoms with Crippen LogP contribution in [0.25, 0.3) is 0 Å². The first-order valence-corrected chi connectivity index (χ1v) is 7.22. The molecule has 0 bridgehead atoms. The third kappa shape index (κ3) is 7.19. The largest absolute Gasteiger partial charge is 0.431 e. The SMILES string of the molecule is CCC(=O)OC1=CCCCCCCCCCC1. The molecule has 0 saturated carbocycles. The van der Waals surface area contributed by atoms with Gasteiger partial charge in [-0.25, -0.2) is 0 Å². The molecule has 0 unspecified atom stereocenters. The second-order valence-corrected chi connectivity index (χ2v) is 4.87. The second kappa shape index (κ2) is 9.26. The number of hydrogen-bond donors (Lipinski definition) is 0. The van der Waals surface area contributed by atoms with Gasteiger partial charge in [-0.2, -0.15) is 0 Å². The normalized spacial score (nSPS) is 19.7. The van der Waals surface area contributed by atoms with Gasteiger partial charge < -0.3 is 4.74 Å². The van der Waals surface area contributed by atoms with Crippen LogP contribution in [0.3, 0.4) is 0 Å². The zero-order chi connectivity index (χ0) is 12.3. The molecule has 0 fully saturated rings. The molecule has 98 valence electrons. The molecule has 0 heterocycles. The van der Waals surface area contributed by atoms with Gasteiger partial charge in [-0.3, -0.25) is 4.79 Å². The summed E-state index contributed by atoms with van der Waals surface area (Å²) >= 11 is 0. The fourth-order valence-corrected chi connectivity index (χ4v) is 2.18. The third-order valence-electron chi connectivity index (χ3n) is 3.28. The number of carbonyl (C=O) groups is 1. The van der Waals surface area contributed by atoms with Gasteiger partial charge in [0.1, 0.15) is 5.76 Å². The van der Waals surface area contributed by atoms with E-state index in [0.29, 0.717) is 6.42 Å². The van der Waals surface area contributed by atoms with Crippen molar-refractivity contribution >= 4 is 5.97 Å². The predicted molar refractivity (Wildman–Crippen MR) is 70.6 cm³/mol. The summed E-state index contributed by atoms with van der Waals surface area (Å²) in [5.41, 5.74) is 0. The minimum atomic E-state index is -0.0941. The Morgan fingerprint density at radius 1 is 1.06 bits per heavy atom. The van der Waals surface area contributed by atoms with Crippen LogP contribution >= 0.6 is 0 Å². The van der Waals surface area contributed by atoms with Crippen LogP contribution < -0.4 is 0 Å². The molecule has 0 atom stereocenters. The maximum Gasteiger partial charge on any atom is 0.310 e. The smallest absolute Gasteiger partial charge is 0.310 e. The molecule has 1 rings (SSSR count). The molecular formula is C15H26O2. The molecule has 1 aliphatic carbocycles. The van der Waals surface area contributed by atoms with Crippen LogP contribution in [0.1, 0.15) is 77.6 Å². The quantitative estimate of drug-likeness (QED) is 0.650. The molecule has 0 amide bonds. The van der Waals surface area contributed by atoms with E-state index in [9.17, 15) is 4.79 Å². The van der Waals surface area contributed by atoms with Crippen LogP contribution in [0.5, 0.6) is 0 Å². The van der Waals surface area contributed by atoms with Crippen molar-refractivity contribution < 1.29 is 9.53 Å². The third-order valence-corrected chi connectivity index (χ3v) is 3.28. The molecule has 0 aromatic heterocycles. The predicted octanol–water partition coefficient (Wildman–Crippen LogP) is 4.74. The zero-order valence-corrected chi connectivity index (χ0v) is 11.2. The molecule has 0 aliphatic heterocycles. The van der Waals surface area contributed by atoms with Crippen LogP contribution in [0.15, 0.2) is 11.8 Å². The first-order chi connectivity index (χ1) is 8.33. The minimum Gasteiger partial charge on any atom is -0.431 e. The van der Waals surface area contributed by atoms with Gasteiger partial charge in [0.25, 0.3) is 0 Å². The van der Waals surface area contributed by atoms with Crippen molar-refractivity contribution in [1.29, 1.82) is 0 Å². The van der Waals surface area contributed by atoms with Crippen molar-refractivity contribution in [2.75, 3.05) is 0 Å². The van der Waals surface area contributed by atoms with Crippen molar-refractivity contribution in [3.63, 3.8) is 0 Å². The lowest BCUT2D eigenvalue weighted by atomic mass is 10.0. The summed E-state index contributed by atoms with van der Waals surface area (Å²) in [6.07, 6.45) is 15.0. The topological polar surface area (TPSA) is 26.3 Å². The molecule has 0 spiro atoms. The van der Waals surface area contributed by atoms with Gasteiger partial charge >= 0.3 is 5.97 Å². The maximum absolute atomic E-state index is 11.3. The molecule has 0 aromatic rings. The maximum atomic E-state index is 11.3. The highest BCUT2D eigenvalue weighted by molar-refractivity contribution is 5.70. The van der Waals surface area contributed by atoms with E-state index in [-0.39, 0.29) is 5.97 Å². The monoisotopic (exact) mass is 238 g/mol. The summed E-state index contributed by atoms with van der Waals surface area (Å²) in [7, 11) is 0. The van der Waals surface area contributed by atoms with Crippen molar-refractivity contribution in [3.8, 4) is 0 Å². The highest BCUT2D eigenvalue weighted by atomic mass is 16.5. The van der Waals surface area contributed by atoms with E-state index >= 15 is 0 Å². The van der Waals surface area contributed by atoms with E-state index in [0.717, 1.165) is 25.0 Å². The summed E-state index contributed by atoms with van der Waals surface area (Å²) in [4.78, 5) is 11.3. The van der Waals surface area contributed by atoms with Crippen LogP contribution in [-0.4, -0.2) is 5.97 Å². The lowest BCUT2D eigenvalue weighted by molar-refractivity contribution is -0.139. The van der Waals surface area contributed by atoms with E-state index in [1.54, 1.807) is 0 Å². The van der Waals surface area contributed by atoms with Gasteiger partial charge in [-0.15, -0.1) is 0 Å². The number of rotatable bonds is 2. The van der Waals surface area contributed by atoms with Crippen molar-refractivity contribution in [2.45, 2.75) is 77.6 Å². The highest BCUT2D eigenvalue weighted by Crippen LogP contribution is 2.17. The fraction of sp³-hybridized carbons (Fsp3) is 0.800. The molecule has 0 saturated heterocycles. The van der Waals surface area contributed by atoms with E-state index in [1.807, 2.05) is 6.92 Å². The van der Waals surface area contributed by atoms with Gasteiger partial charge in [-0.1, -0.05) is 45.4 Å². The van der Waals surface area contributed by atoms with Crippen LogP contribution in [0, 0.1) is 0 Å². The Labute approximate surface area is 105 Å². The standard InChI is InChI=1S/C15H26O2/c1-2-15(16)17-14-12-10-8-6-4-3-5-7-9-11-13-14/h12H,2-11,13H2,1H3. The van der Waals surface area contributed by atoms with Gasteiger partial charge in [0.15, 0.2) is 0 Å². The van der Waals surface area contributed by atoms with Crippen molar-refractivity contribution in [1.82, 2.24) is 0 Å². The average Bonchev–Trinajstić information content (AvgIpc) is 2.32. The molecule has 0 radical (unpaired) electrons. The number of allylic oxidation sites excluding steroid dienone is 2. The second-order valence-electron chi connectivity index (χ2n) is 4.87. The molecule has 17 heavy (non-hydrogen) atoms. The van der Waals surface area contributed by atoms with E-state index in [4.69, 9.17) is 4.74 Å². The Morgan fingerprint density at radius 2 is 1.65 bits per heavy atom. The van der Waals surface area contributed by atoms with Crippen LogP contribution in [0.2, 0.25) is 0 Å². The summed E-state index contributed by atoms with van der Waals surface area (Å²) in [6, 6.07) is 0. The lowest BCUT2D eigenvalue weighted by Gasteiger charge is -2.10. The highest BCUT2D eigenvalue weighted by Gasteiger charge is 2.05.